The maximum Gasteiger partial charge on any atom is 0.180 e. The summed E-state index contributed by atoms with van der Waals surface area (Å²) in [6.07, 6.45) is 10.1. The average Bonchev–Trinajstić information content (AvgIpc) is 3.00. The van der Waals surface area contributed by atoms with Crippen LogP contribution in [0.5, 0.6) is 0 Å². The lowest BCUT2D eigenvalue weighted by Gasteiger charge is -2.35. The lowest BCUT2D eigenvalue weighted by atomic mass is 10.0. The van der Waals surface area contributed by atoms with Crippen molar-refractivity contribution in [1.82, 2.24) is 14.4 Å². The van der Waals surface area contributed by atoms with Crippen molar-refractivity contribution in [2.45, 2.75) is 38.6 Å². The van der Waals surface area contributed by atoms with Gasteiger partial charge in [0.2, 0.25) is 0 Å². The highest BCUT2D eigenvalue weighted by Gasteiger charge is 2.25. The summed E-state index contributed by atoms with van der Waals surface area (Å²) < 4.78 is 2.00. The van der Waals surface area contributed by atoms with Gasteiger partial charge < -0.3 is 19.7 Å². The molecule has 6 nitrogen and oxygen atoms in total. The van der Waals surface area contributed by atoms with Crippen LogP contribution in [0.25, 0.3) is 5.65 Å². The fraction of sp³-hybridized carbons (Fsp3) is 0.600. The highest BCUT2D eigenvalue weighted by atomic mass is 16.3. The van der Waals surface area contributed by atoms with Crippen LogP contribution in [0.2, 0.25) is 0 Å². The van der Waals surface area contributed by atoms with Gasteiger partial charge in [-0.1, -0.05) is 6.92 Å². The third-order valence-electron chi connectivity index (χ3n) is 4.02. The van der Waals surface area contributed by atoms with Gasteiger partial charge in [-0.05, 0) is 25.7 Å². The monoisotopic (exact) mass is 289 g/mol. The van der Waals surface area contributed by atoms with E-state index in [0.29, 0.717) is 0 Å². The summed E-state index contributed by atoms with van der Waals surface area (Å²) in [6.45, 7) is 4.13. The molecular formula is C15H23N5O. The van der Waals surface area contributed by atoms with E-state index in [1.54, 1.807) is 6.20 Å². The maximum atomic E-state index is 9.64. The molecule has 1 atom stereocenters. The summed E-state index contributed by atoms with van der Waals surface area (Å²) in [5.41, 5.74) is 0.859. The first kappa shape index (κ1) is 14.1. The van der Waals surface area contributed by atoms with Crippen molar-refractivity contribution in [2.75, 3.05) is 29.9 Å². The number of aliphatic hydroxyl groups is 1. The molecule has 114 valence electrons. The van der Waals surface area contributed by atoms with Crippen LogP contribution in [0, 0.1) is 0 Å². The van der Waals surface area contributed by atoms with E-state index in [2.05, 4.69) is 22.1 Å². The third-order valence-corrected chi connectivity index (χ3v) is 4.02. The van der Waals surface area contributed by atoms with Crippen LogP contribution in [0.3, 0.4) is 0 Å². The number of nitrogens with one attached hydrogen (secondary N) is 1. The fourth-order valence-electron chi connectivity index (χ4n) is 2.92. The van der Waals surface area contributed by atoms with Gasteiger partial charge in [0.05, 0.1) is 18.8 Å². The van der Waals surface area contributed by atoms with E-state index in [4.69, 9.17) is 4.98 Å². The van der Waals surface area contributed by atoms with Gasteiger partial charge in [0.25, 0.3) is 0 Å². The minimum Gasteiger partial charge on any atom is -0.394 e. The molecule has 0 aromatic carbocycles. The maximum absolute atomic E-state index is 9.64. The molecule has 0 bridgehead atoms. The van der Waals surface area contributed by atoms with Gasteiger partial charge in [-0.3, -0.25) is 0 Å². The van der Waals surface area contributed by atoms with Crippen molar-refractivity contribution in [3.63, 3.8) is 0 Å². The number of fused-ring (bicyclic) bond motifs is 1. The first-order valence-corrected chi connectivity index (χ1v) is 7.78. The standard InChI is InChI=1S/C15H23N5O/c1-2-6-16-13-10-19-9-7-17-14(19)15(18-13)20-8-4-3-5-12(20)11-21/h7,9-10,12,16,21H,2-6,8,11H2,1H3. The minimum atomic E-state index is 0.146. The number of nitrogens with zero attached hydrogens (tertiary/aromatic N) is 4. The number of anilines is 2. The van der Waals surface area contributed by atoms with E-state index in [0.717, 1.165) is 49.6 Å². The fourth-order valence-corrected chi connectivity index (χ4v) is 2.92. The van der Waals surface area contributed by atoms with E-state index < -0.39 is 0 Å². The first-order chi connectivity index (χ1) is 10.3. The molecule has 1 aliphatic rings. The summed E-state index contributed by atoms with van der Waals surface area (Å²) in [4.78, 5) is 11.4. The normalized spacial score (nSPS) is 19.1. The second-order valence-electron chi connectivity index (χ2n) is 5.56. The van der Waals surface area contributed by atoms with Crippen LogP contribution in [0.15, 0.2) is 18.6 Å². The summed E-state index contributed by atoms with van der Waals surface area (Å²) in [5, 5.41) is 13.0. The van der Waals surface area contributed by atoms with E-state index in [9.17, 15) is 5.11 Å². The Bertz CT molecular complexity index is 597. The second kappa shape index (κ2) is 6.30. The molecule has 21 heavy (non-hydrogen) atoms. The minimum absolute atomic E-state index is 0.146. The molecule has 2 N–H and O–H groups in total. The lowest BCUT2D eigenvalue weighted by Crippen LogP contribution is -2.42. The molecule has 6 heteroatoms. The lowest BCUT2D eigenvalue weighted by molar-refractivity contribution is 0.239. The van der Waals surface area contributed by atoms with E-state index in [1.807, 2.05) is 16.8 Å². The SMILES string of the molecule is CCCNc1cn2ccnc2c(N2CCCCC2CO)n1. The summed E-state index contributed by atoms with van der Waals surface area (Å²) in [6, 6.07) is 0.146. The molecule has 1 saturated heterocycles. The molecule has 3 heterocycles. The number of aliphatic hydroxyl groups excluding tert-OH is 1. The first-order valence-electron chi connectivity index (χ1n) is 7.78. The summed E-state index contributed by atoms with van der Waals surface area (Å²) >= 11 is 0. The Morgan fingerprint density at radius 2 is 2.33 bits per heavy atom. The van der Waals surface area contributed by atoms with Crippen LogP contribution >= 0.6 is 0 Å². The highest BCUT2D eigenvalue weighted by Crippen LogP contribution is 2.27. The van der Waals surface area contributed by atoms with Gasteiger partial charge in [-0.15, -0.1) is 0 Å². The number of piperidine rings is 1. The molecule has 0 amide bonds. The van der Waals surface area contributed by atoms with Gasteiger partial charge in [0.1, 0.15) is 5.82 Å². The predicted octanol–water partition coefficient (Wildman–Crippen LogP) is 1.90. The molecule has 0 aliphatic carbocycles. The molecule has 1 aliphatic heterocycles. The zero-order valence-corrected chi connectivity index (χ0v) is 12.5. The molecule has 0 spiro atoms. The van der Waals surface area contributed by atoms with Crippen LogP contribution in [0.1, 0.15) is 32.6 Å². The zero-order valence-electron chi connectivity index (χ0n) is 12.5. The highest BCUT2D eigenvalue weighted by molar-refractivity contribution is 5.67. The Labute approximate surface area is 124 Å². The Hall–Kier alpha value is -1.82. The number of aromatic nitrogens is 3. The van der Waals surface area contributed by atoms with Crippen LogP contribution < -0.4 is 10.2 Å². The zero-order chi connectivity index (χ0) is 14.7. The smallest absolute Gasteiger partial charge is 0.180 e. The van der Waals surface area contributed by atoms with Gasteiger partial charge in [-0.2, -0.15) is 0 Å². The number of hydrogen-bond acceptors (Lipinski definition) is 5. The van der Waals surface area contributed by atoms with Crippen molar-refractivity contribution in [3.05, 3.63) is 18.6 Å². The number of rotatable bonds is 5. The Morgan fingerprint density at radius 3 is 3.14 bits per heavy atom. The van der Waals surface area contributed by atoms with E-state index >= 15 is 0 Å². The molecular weight excluding hydrogens is 266 g/mol. The van der Waals surface area contributed by atoms with Crippen molar-refractivity contribution >= 4 is 17.3 Å². The Kier molecular flexibility index (Phi) is 4.24. The van der Waals surface area contributed by atoms with Gasteiger partial charge in [0, 0.05) is 25.5 Å². The molecule has 2 aromatic rings. The van der Waals surface area contributed by atoms with Crippen molar-refractivity contribution in [1.29, 1.82) is 0 Å². The summed E-state index contributed by atoms with van der Waals surface area (Å²) in [5.74, 6) is 1.74. The third kappa shape index (κ3) is 2.81. The largest absolute Gasteiger partial charge is 0.394 e. The number of imidazole rings is 1. The second-order valence-corrected chi connectivity index (χ2v) is 5.56. The van der Waals surface area contributed by atoms with Crippen LogP contribution in [0.4, 0.5) is 11.6 Å². The van der Waals surface area contributed by atoms with Crippen LogP contribution in [-0.4, -0.2) is 45.2 Å². The molecule has 1 fully saturated rings. The molecule has 3 rings (SSSR count). The predicted molar refractivity (Wildman–Crippen MR) is 83.8 cm³/mol. The molecule has 0 radical (unpaired) electrons. The Balaban J connectivity index is 2.00. The average molecular weight is 289 g/mol. The van der Waals surface area contributed by atoms with Crippen molar-refractivity contribution in [3.8, 4) is 0 Å². The topological polar surface area (TPSA) is 65.7 Å². The molecule has 0 saturated carbocycles. The van der Waals surface area contributed by atoms with Gasteiger partial charge in [-0.25, -0.2) is 9.97 Å². The van der Waals surface area contributed by atoms with Gasteiger partial charge >= 0.3 is 0 Å². The molecule has 2 aromatic heterocycles. The molecule has 1 unspecified atom stereocenters. The number of hydrogen-bond donors (Lipinski definition) is 2. The van der Waals surface area contributed by atoms with Crippen molar-refractivity contribution in [2.24, 2.45) is 0 Å². The van der Waals surface area contributed by atoms with Crippen molar-refractivity contribution < 1.29 is 5.11 Å². The van der Waals surface area contributed by atoms with E-state index in [1.165, 1.54) is 6.42 Å². The quantitative estimate of drug-likeness (QED) is 0.880. The van der Waals surface area contributed by atoms with Gasteiger partial charge in [0.15, 0.2) is 11.5 Å². The summed E-state index contributed by atoms with van der Waals surface area (Å²) in [7, 11) is 0. The van der Waals surface area contributed by atoms with E-state index in [-0.39, 0.29) is 12.6 Å². The van der Waals surface area contributed by atoms with Crippen LogP contribution in [-0.2, 0) is 0 Å². The Morgan fingerprint density at radius 1 is 1.43 bits per heavy atom.